The van der Waals surface area contributed by atoms with Gasteiger partial charge in [-0.05, 0) is 31.2 Å². The Morgan fingerprint density at radius 1 is 1.12 bits per heavy atom. The van der Waals surface area contributed by atoms with Gasteiger partial charge in [-0.2, -0.15) is 0 Å². The van der Waals surface area contributed by atoms with Crippen LogP contribution in [0.1, 0.15) is 11.5 Å². The van der Waals surface area contributed by atoms with Crippen LogP contribution in [0.25, 0.3) is 11.5 Å². The fourth-order valence-corrected chi connectivity index (χ4v) is 2.54. The summed E-state index contributed by atoms with van der Waals surface area (Å²) in [6.45, 7) is 1.95. The van der Waals surface area contributed by atoms with Gasteiger partial charge < -0.3 is 18.6 Å². The topological polar surface area (TPSA) is 70.8 Å². The van der Waals surface area contributed by atoms with Gasteiger partial charge in [0.2, 0.25) is 12.7 Å². The van der Waals surface area contributed by atoms with E-state index < -0.39 is 5.97 Å². The Kier molecular flexibility index (Phi) is 3.85. The van der Waals surface area contributed by atoms with E-state index >= 15 is 0 Å². The van der Waals surface area contributed by atoms with Crippen LogP contribution >= 0.6 is 0 Å². The van der Waals surface area contributed by atoms with Crippen molar-refractivity contribution in [1.29, 1.82) is 0 Å². The van der Waals surface area contributed by atoms with Gasteiger partial charge in [-0.25, -0.2) is 4.98 Å². The molecule has 25 heavy (non-hydrogen) atoms. The quantitative estimate of drug-likeness (QED) is 0.536. The first kappa shape index (κ1) is 15.3. The first-order valence-electron chi connectivity index (χ1n) is 7.81. The minimum Gasteiger partial charge on any atom is -0.454 e. The van der Waals surface area contributed by atoms with Crippen LogP contribution in [0.2, 0.25) is 0 Å². The molecule has 0 spiro atoms. The lowest BCUT2D eigenvalue weighted by Gasteiger charge is -2.04. The minimum absolute atomic E-state index is 0.0244. The summed E-state index contributed by atoms with van der Waals surface area (Å²) in [5.41, 5.74) is 1.42. The van der Waals surface area contributed by atoms with Crippen molar-refractivity contribution in [3.63, 3.8) is 0 Å². The zero-order valence-electron chi connectivity index (χ0n) is 13.5. The number of fused-ring (bicyclic) bond motifs is 1. The second-order valence-corrected chi connectivity index (χ2v) is 5.55. The van der Waals surface area contributed by atoms with Crippen molar-refractivity contribution >= 4 is 5.97 Å². The van der Waals surface area contributed by atoms with E-state index in [1.165, 1.54) is 0 Å². The molecule has 2 aromatic carbocycles. The zero-order chi connectivity index (χ0) is 17.2. The van der Waals surface area contributed by atoms with E-state index in [0.717, 1.165) is 5.56 Å². The molecule has 0 saturated carbocycles. The van der Waals surface area contributed by atoms with Crippen molar-refractivity contribution in [2.24, 2.45) is 0 Å². The number of hydrogen-bond acceptors (Lipinski definition) is 6. The predicted octanol–water partition coefficient (Wildman–Crippen LogP) is 3.53. The Hall–Kier alpha value is -3.28. The number of carbonyl (C=O) groups excluding carboxylic acids is 1. The summed E-state index contributed by atoms with van der Waals surface area (Å²) in [6, 6.07) is 14.5. The van der Waals surface area contributed by atoms with Crippen LogP contribution in [-0.4, -0.2) is 17.7 Å². The maximum atomic E-state index is 12.2. The van der Waals surface area contributed by atoms with E-state index in [2.05, 4.69) is 4.98 Å². The maximum absolute atomic E-state index is 12.2. The van der Waals surface area contributed by atoms with E-state index in [0.29, 0.717) is 34.6 Å². The molecule has 0 fully saturated rings. The average molecular weight is 337 g/mol. The molecule has 0 atom stereocenters. The van der Waals surface area contributed by atoms with Crippen LogP contribution in [-0.2, 0) is 11.2 Å². The van der Waals surface area contributed by atoms with E-state index in [1.807, 2.05) is 30.3 Å². The highest BCUT2D eigenvalue weighted by molar-refractivity contribution is 5.75. The number of aryl methyl sites for hydroxylation is 1. The van der Waals surface area contributed by atoms with E-state index in [9.17, 15) is 4.79 Å². The van der Waals surface area contributed by atoms with E-state index in [1.54, 1.807) is 25.1 Å². The normalized spacial score (nSPS) is 12.2. The van der Waals surface area contributed by atoms with Crippen LogP contribution in [0.5, 0.6) is 17.2 Å². The second-order valence-electron chi connectivity index (χ2n) is 5.55. The molecule has 0 saturated heterocycles. The first-order chi connectivity index (χ1) is 12.2. The summed E-state index contributed by atoms with van der Waals surface area (Å²) in [4.78, 5) is 16.6. The molecular formula is C19H15NO5. The third-order valence-electron chi connectivity index (χ3n) is 3.80. The van der Waals surface area contributed by atoms with Gasteiger partial charge in [-0.15, -0.1) is 0 Å². The standard InChI is InChI=1S/C19H15NO5/c1-12-15(20-19(24-12)13-5-3-2-4-6-13)10-18(21)25-14-7-8-16-17(9-14)23-11-22-16/h2-9H,10-11H2,1H3. The molecule has 1 aliphatic rings. The van der Waals surface area contributed by atoms with Crippen molar-refractivity contribution in [2.45, 2.75) is 13.3 Å². The number of carbonyl (C=O) groups is 1. The highest BCUT2D eigenvalue weighted by atomic mass is 16.7. The number of aromatic nitrogens is 1. The van der Waals surface area contributed by atoms with Crippen molar-refractivity contribution in [2.75, 3.05) is 6.79 Å². The Bertz CT molecular complexity index is 917. The number of hydrogen-bond donors (Lipinski definition) is 0. The molecule has 126 valence electrons. The number of nitrogens with zero attached hydrogens (tertiary/aromatic N) is 1. The summed E-state index contributed by atoms with van der Waals surface area (Å²) >= 11 is 0. The largest absolute Gasteiger partial charge is 0.454 e. The lowest BCUT2D eigenvalue weighted by Crippen LogP contribution is -2.12. The highest BCUT2D eigenvalue weighted by Gasteiger charge is 2.18. The number of benzene rings is 2. The monoisotopic (exact) mass is 337 g/mol. The third kappa shape index (κ3) is 3.19. The van der Waals surface area contributed by atoms with Gasteiger partial charge in [0.25, 0.3) is 0 Å². The second kappa shape index (κ2) is 6.32. The van der Waals surface area contributed by atoms with Crippen LogP contribution in [0.15, 0.2) is 52.9 Å². The van der Waals surface area contributed by atoms with Crippen molar-refractivity contribution in [3.05, 3.63) is 60.0 Å². The molecule has 0 bridgehead atoms. The van der Waals surface area contributed by atoms with Crippen LogP contribution in [0, 0.1) is 6.92 Å². The summed E-state index contributed by atoms with van der Waals surface area (Å²) in [5, 5.41) is 0. The first-order valence-corrected chi connectivity index (χ1v) is 7.81. The lowest BCUT2D eigenvalue weighted by molar-refractivity contribution is -0.133. The number of rotatable bonds is 4. The molecule has 0 radical (unpaired) electrons. The van der Waals surface area contributed by atoms with Crippen LogP contribution < -0.4 is 14.2 Å². The van der Waals surface area contributed by atoms with Crippen molar-refractivity contribution in [3.8, 4) is 28.7 Å². The molecule has 0 amide bonds. The molecule has 2 heterocycles. The molecule has 3 aromatic rings. The molecule has 1 aromatic heterocycles. The predicted molar refractivity (Wildman–Crippen MR) is 88.6 cm³/mol. The molecular weight excluding hydrogens is 322 g/mol. The fourth-order valence-electron chi connectivity index (χ4n) is 2.54. The van der Waals surface area contributed by atoms with Gasteiger partial charge in [-0.3, -0.25) is 4.79 Å². The van der Waals surface area contributed by atoms with Crippen molar-refractivity contribution < 1.29 is 23.4 Å². The average Bonchev–Trinajstić information content (AvgIpc) is 3.22. The molecule has 0 aliphatic carbocycles. The number of oxazole rings is 1. The van der Waals surface area contributed by atoms with Crippen molar-refractivity contribution in [1.82, 2.24) is 4.98 Å². The molecule has 4 rings (SSSR count). The van der Waals surface area contributed by atoms with Gasteiger partial charge in [-0.1, -0.05) is 18.2 Å². The highest BCUT2D eigenvalue weighted by Crippen LogP contribution is 2.35. The molecule has 0 unspecified atom stereocenters. The number of ether oxygens (including phenoxy) is 3. The molecule has 1 aliphatic heterocycles. The Labute approximate surface area is 144 Å². The van der Waals surface area contributed by atoms with Gasteiger partial charge >= 0.3 is 5.97 Å². The fraction of sp³-hybridized carbons (Fsp3) is 0.158. The lowest BCUT2D eigenvalue weighted by atomic mass is 10.2. The van der Waals surface area contributed by atoms with Gasteiger partial charge in [0.1, 0.15) is 11.5 Å². The smallest absolute Gasteiger partial charge is 0.317 e. The van der Waals surface area contributed by atoms with Gasteiger partial charge in [0, 0.05) is 11.6 Å². The maximum Gasteiger partial charge on any atom is 0.317 e. The van der Waals surface area contributed by atoms with E-state index in [4.69, 9.17) is 18.6 Å². The zero-order valence-corrected chi connectivity index (χ0v) is 13.5. The SMILES string of the molecule is Cc1oc(-c2ccccc2)nc1CC(=O)Oc1ccc2c(c1)OCO2. The Morgan fingerprint density at radius 3 is 2.76 bits per heavy atom. The minimum atomic E-state index is -0.421. The van der Waals surface area contributed by atoms with Crippen LogP contribution in [0.4, 0.5) is 0 Å². The Balaban J connectivity index is 1.47. The van der Waals surface area contributed by atoms with Gasteiger partial charge in [0.05, 0.1) is 12.1 Å². The molecule has 6 heteroatoms. The Morgan fingerprint density at radius 2 is 1.92 bits per heavy atom. The summed E-state index contributed by atoms with van der Waals surface area (Å²) in [7, 11) is 0. The summed E-state index contributed by atoms with van der Waals surface area (Å²) in [5.74, 6) is 2.27. The van der Waals surface area contributed by atoms with Crippen LogP contribution in [0.3, 0.4) is 0 Å². The number of esters is 1. The van der Waals surface area contributed by atoms with Gasteiger partial charge in [0.15, 0.2) is 11.5 Å². The summed E-state index contributed by atoms with van der Waals surface area (Å²) < 4.78 is 21.5. The third-order valence-corrected chi connectivity index (χ3v) is 3.80. The molecule has 0 N–H and O–H groups in total. The van der Waals surface area contributed by atoms with E-state index in [-0.39, 0.29) is 13.2 Å². The molecule has 6 nitrogen and oxygen atoms in total. The summed E-state index contributed by atoms with van der Waals surface area (Å²) in [6.07, 6.45) is 0.0244.